The summed E-state index contributed by atoms with van der Waals surface area (Å²) in [5, 5.41) is 0. The first-order valence-corrected chi connectivity index (χ1v) is 8.69. The highest BCUT2D eigenvalue weighted by molar-refractivity contribution is 5.82. The van der Waals surface area contributed by atoms with E-state index in [1.54, 1.807) is 0 Å². The van der Waals surface area contributed by atoms with Gasteiger partial charge in [-0.05, 0) is 57.7 Å². The lowest BCUT2D eigenvalue weighted by atomic mass is 9.68. The van der Waals surface area contributed by atoms with Crippen molar-refractivity contribution in [2.24, 2.45) is 17.3 Å². The largest absolute Gasteiger partial charge is 0.305 e. The number of hydrogen-bond acceptors (Lipinski definition) is 3. The maximum Gasteiger partial charge on any atom is 0.137 e. The summed E-state index contributed by atoms with van der Waals surface area (Å²) in [5.74, 6) is 1.50. The summed E-state index contributed by atoms with van der Waals surface area (Å²) in [7, 11) is 4.35. The van der Waals surface area contributed by atoms with Gasteiger partial charge in [-0.2, -0.15) is 0 Å². The third-order valence-electron chi connectivity index (χ3n) is 5.68. The van der Waals surface area contributed by atoms with Crippen molar-refractivity contribution in [1.82, 2.24) is 9.80 Å². The van der Waals surface area contributed by atoms with Crippen LogP contribution in [0.3, 0.4) is 0 Å². The van der Waals surface area contributed by atoms with Gasteiger partial charge in [0.1, 0.15) is 5.78 Å². The van der Waals surface area contributed by atoms with Crippen molar-refractivity contribution in [2.45, 2.75) is 58.9 Å². The normalized spacial score (nSPS) is 32.7. The number of carbonyl (C=O) groups is 1. The van der Waals surface area contributed by atoms with E-state index in [0.717, 1.165) is 32.4 Å². The van der Waals surface area contributed by atoms with Crippen molar-refractivity contribution >= 4 is 5.78 Å². The number of nitrogens with zero attached hydrogens (tertiary/aromatic N) is 2. The quantitative estimate of drug-likeness (QED) is 0.799. The van der Waals surface area contributed by atoms with Crippen LogP contribution in [0.15, 0.2) is 0 Å². The van der Waals surface area contributed by atoms with E-state index in [9.17, 15) is 4.79 Å². The summed E-state index contributed by atoms with van der Waals surface area (Å²) < 4.78 is 0. The van der Waals surface area contributed by atoms with Crippen LogP contribution >= 0.6 is 0 Å². The highest BCUT2D eigenvalue weighted by Gasteiger charge is 2.36. The van der Waals surface area contributed by atoms with E-state index in [2.05, 4.69) is 44.7 Å². The number of carbonyl (C=O) groups excluding carboxylic acids is 1. The Morgan fingerprint density at radius 1 is 1.24 bits per heavy atom. The molecule has 2 fully saturated rings. The molecule has 0 aromatic heterocycles. The molecule has 3 heteroatoms. The maximum absolute atomic E-state index is 12.3. The fourth-order valence-electron chi connectivity index (χ4n) is 4.01. The van der Waals surface area contributed by atoms with Gasteiger partial charge in [-0.1, -0.05) is 20.8 Å². The minimum absolute atomic E-state index is 0.281. The number of Topliss-reactive ketones (excluding diaryl/α,β-unsaturated/α-hetero) is 1. The Morgan fingerprint density at radius 3 is 2.57 bits per heavy atom. The predicted octanol–water partition coefficient (Wildman–Crippen LogP) is 3.04. The number of likely N-dealkylation sites (N-methyl/N-ethyl adjacent to an activating group) is 1. The molecule has 2 rings (SSSR count). The fraction of sp³-hybridized carbons (Fsp3) is 0.944. The molecule has 3 unspecified atom stereocenters. The molecule has 21 heavy (non-hydrogen) atoms. The second-order valence-corrected chi connectivity index (χ2v) is 8.52. The predicted molar refractivity (Wildman–Crippen MR) is 88.4 cm³/mol. The lowest BCUT2D eigenvalue weighted by Gasteiger charge is -2.41. The summed E-state index contributed by atoms with van der Waals surface area (Å²) in [6.45, 7) is 10.3. The maximum atomic E-state index is 12.3. The molecule has 0 N–H and O–H groups in total. The molecule has 1 aliphatic carbocycles. The van der Waals surface area contributed by atoms with Crippen LogP contribution in [0.1, 0.15) is 52.9 Å². The Labute approximate surface area is 131 Å². The lowest BCUT2D eigenvalue weighted by Crippen LogP contribution is -2.48. The monoisotopic (exact) mass is 294 g/mol. The Balaban J connectivity index is 1.92. The van der Waals surface area contributed by atoms with Crippen LogP contribution in [0.4, 0.5) is 0 Å². The van der Waals surface area contributed by atoms with E-state index in [4.69, 9.17) is 0 Å². The van der Waals surface area contributed by atoms with Gasteiger partial charge >= 0.3 is 0 Å². The van der Waals surface area contributed by atoms with Crippen LogP contribution in [0.25, 0.3) is 0 Å². The zero-order valence-corrected chi connectivity index (χ0v) is 14.7. The summed E-state index contributed by atoms with van der Waals surface area (Å²) in [5.41, 5.74) is 0.340. The van der Waals surface area contributed by atoms with Gasteiger partial charge in [0, 0.05) is 31.5 Å². The van der Waals surface area contributed by atoms with E-state index in [-0.39, 0.29) is 5.92 Å². The van der Waals surface area contributed by atoms with Gasteiger partial charge in [0.2, 0.25) is 0 Å². The standard InChI is InChI=1S/C18H34N2O/c1-18(2,3)15-8-9-17(21)14(11-15)12-20-10-6-7-16(13-20)19(4)5/h14-16H,6-13H2,1-5H3. The average molecular weight is 294 g/mol. The number of ketones is 1. The topological polar surface area (TPSA) is 23.6 Å². The first-order valence-electron chi connectivity index (χ1n) is 8.69. The van der Waals surface area contributed by atoms with Crippen LogP contribution in [-0.2, 0) is 4.79 Å². The first kappa shape index (κ1) is 17.0. The molecule has 0 bridgehead atoms. The summed E-state index contributed by atoms with van der Waals surface area (Å²) >= 11 is 0. The number of piperidine rings is 1. The molecular weight excluding hydrogens is 260 g/mol. The number of hydrogen-bond donors (Lipinski definition) is 0. The lowest BCUT2D eigenvalue weighted by molar-refractivity contribution is -0.127. The molecule has 1 saturated carbocycles. The van der Waals surface area contributed by atoms with Crippen LogP contribution in [0.2, 0.25) is 0 Å². The van der Waals surface area contributed by atoms with E-state index < -0.39 is 0 Å². The highest BCUT2D eigenvalue weighted by Crippen LogP contribution is 2.39. The van der Waals surface area contributed by atoms with Crippen molar-refractivity contribution in [3.8, 4) is 0 Å². The highest BCUT2D eigenvalue weighted by atomic mass is 16.1. The Hall–Kier alpha value is -0.410. The van der Waals surface area contributed by atoms with E-state index in [1.807, 2.05) is 0 Å². The summed E-state index contributed by atoms with van der Waals surface area (Å²) in [6, 6.07) is 0.663. The second-order valence-electron chi connectivity index (χ2n) is 8.52. The molecule has 1 saturated heterocycles. The van der Waals surface area contributed by atoms with Crippen molar-refractivity contribution in [3.63, 3.8) is 0 Å². The first-order chi connectivity index (χ1) is 9.77. The minimum Gasteiger partial charge on any atom is -0.305 e. The van der Waals surface area contributed by atoms with Crippen LogP contribution < -0.4 is 0 Å². The molecule has 0 spiro atoms. The molecule has 0 radical (unpaired) electrons. The van der Waals surface area contributed by atoms with Gasteiger partial charge in [-0.25, -0.2) is 0 Å². The Kier molecular flexibility index (Phi) is 5.48. The molecule has 1 heterocycles. The Morgan fingerprint density at radius 2 is 1.95 bits per heavy atom. The van der Waals surface area contributed by atoms with E-state index in [0.29, 0.717) is 23.2 Å². The van der Waals surface area contributed by atoms with Gasteiger partial charge in [-0.15, -0.1) is 0 Å². The van der Waals surface area contributed by atoms with Crippen molar-refractivity contribution in [3.05, 3.63) is 0 Å². The molecular formula is C18H34N2O. The number of likely N-dealkylation sites (tertiary alicyclic amines) is 1. The van der Waals surface area contributed by atoms with Crippen LogP contribution in [0.5, 0.6) is 0 Å². The third kappa shape index (κ3) is 4.53. The van der Waals surface area contributed by atoms with E-state index >= 15 is 0 Å². The van der Waals surface area contributed by atoms with Gasteiger partial charge in [-0.3, -0.25) is 4.79 Å². The van der Waals surface area contributed by atoms with Crippen LogP contribution in [-0.4, -0.2) is 55.4 Å². The molecule has 2 aliphatic rings. The molecule has 0 aromatic carbocycles. The SMILES string of the molecule is CN(C)C1CCCN(CC2CC(C(C)(C)C)CCC2=O)C1. The zero-order valence-electron chi connectivity index (χ0n) is 14.7. The summed E-state index contributed by atoms with van der Waals surface area (Å²) in [4.78, 5) is 17.2. The molecule has 3 nitrogen and oxygen atoms in total. The molecule has 0 aromatic rings. The van der Waals surface area contributed by atoms with Gasteiger partial charge in [0.05, 0.1) is 0 Å². The molecule has 122 valence electrons. The van der Waals surface area contributed by atoms with Gasteiger partial charge in [0.25, 0.3) is 0 Å². The van der Waals surface area contributed by atoms with E-state index in [1.165, 1.54) is 19.4 Å². The van der Waals surface area contributed by atoms with Gasteiger partial charge in [0.15, 0.2) is 0 Å². The second kappa shape index (κ2) is 6.78. The Bertz CT molecular complexity index is 359. The van der Waals surface area contributed by atoms with Crippen molar-refractivity contribution in [2.75, 3.05) is 33.7 Å². The summed E-state index contributed by atoms with van der Waals surface area (Å²) in [6.07, 6.45) is 5.57. The third-order valence-corrected chi connectivity index (χ3v) is 5.68. The van der Waals surface area contributed by atoms with Crippen LogP contribution in [0, 0.1) is 17.3 Å². The average Bonchev–Trinajstić information content (AvgIpc) is 2.40. The van der Waals surface area contributed by atoms with Crippen molar-refractivity contribution < 1.29 is 4.79 Å². The minimum atomic E-state index is 0.281. The zero-order chi connectivity index (χ0) is 15.6. The van der Waals surface area contributed by atoms with Gasteiger partial charge < -0.3 is 9.80 Å². The molecule has 3 atom stereocenters. The smallest absolute Gasteiger partial charge is 0.137 e. The number of rotatable bonds is 3. The molecule has 1 aliphatic heterocycles. The molecule has 0 amide bonds. The fourth-order valence-corrected chi connectivity index (χ4v) is 4.01. The van der Waals surface area contributed by atoms with Crippen molar-refractivity contribution in [1.29, 1.82) is 0 Å².